The molecule has 4 rings (SSSR count). The van der Waals surface area contributed by atoms with Crippen LogP contribution in [0.1, 0.15) is 22.8 Å². The molecule has 7 nitrogen and oxygen atoms in total. The first-order valence-corrected chi connectivity index (χ1v) is 11.3. The average Bonchev–Trinajstić information content (AvgIpc) is 3.06. The lowest BCUT2D eigenvalue weighted by atomic mass is 10.1. The first kappa shape index (κ1) is 22.4. The highest BCUT2D eigenvalue weighted by Crippen LogP contribution is 2.29. The van der Waals surface area contributed by atoms with Crippen molar-refractivity contribution in [3.05, 3.63) is 83.9 Å². The fraction of sp³-hybridized carbons (Fsp3) is 0.160. The van der Waals surface area contributed by atoms with E-state index in [1.54, 1.807) is 43.3 Å². The summed E-state index contributed by atoms with van der Waals surface area (Å²) in [6.07, 6.45) is 0. The summed E-state index contributed by atoms with van der Waals surface area (Å²) in [5.74, 6) is 1.05. The first-order valence-electron chi connectivity index (χ1n) is 10.3. The SMILES string of the molecule is Cc1ccc(Oc2ccc(NC(=O)c3ccccc3SC[C@@]3(C)NC(=O)NC3=O)cc2)cc1. The van der Waals surface area contributed by atoms with E-state index in [9.17, 15) is 14.4 Å². The third-order valence-electron chi connectivity index (χ3n) is 5.13. The number of amides is 4. The zero-order valence-corrected chi connectivity index (χ0v) is 19.0. The van der Waals surface area contributed by atoms with Gasteiger partial charge in [-0.1, -0.05) is 29.8 Å². The van der Waals surface area contributed by atoms with Crippen LogP contribution in [0.5, 0.6) is 11.5 Å². The average molecular weight is 462 g/mol. The Kier molecular flexibility index (Phi) is 6.37. The molecule has 168 valence electrons. The summed E-state index contributed by atoms with van der Waals surface area (Å²) >= 11 is 1.34. The molecule has 0 spiro atoms. The predicted octanol–water partition coefficient (Wildman–Crippen LogP) is 4.73. The minimum Gasteiger partial charge on any atom is -0.457 e. The molecule has 1 aliphatic rings. The smallest absolute Gasteiger partial charge is 0.322 e. The van der Waals surface area contributed by atoms with Crippen molar-refractivity contribution < 1.29 is 19.1 Å². The van der Waals surface area contributed by atoms with Gasteiger partial charge in [0, 0.05) is 16.3 Å². The Labute approximate surface area is 195 Å². The molecule has 0 saturated carbocycles. The molecule has 0 unspecified atom stereocenters. The third-order valence-corrected chi connectivity index (χ3v) is 6.52. The Hall–Kier alpha value is -3.78. The topological polar surface area (TPSA) is 96.5 Å². The molecule has 4 amide bonds. The standard InChI is InChI=1S/C25H23N3O4S/c1-16-7-11-18(12-8-16)32-19-13-9-17(10-14-19)26-22(29)20-5-3-4-6-21(20)33-15-25(2)23(30)27-24(31)28-25/h3-14H,15H2,1-2H3,(H,26,29)(H2,27,28,30,31)/t25-/m1/s1. The summed E-state index contributed by atoms with van der Waals surface area (Å²) in [6, 6.07) is 21.5. The summed E-state index contributed by atoms with van der Waals surface area (Å²) in [7, 11) is 0. The van der Waals surface area contributed by atoms with Gasteiger partial charge in [0.25, 0.3) is 11.8 Å². The Morgan fingerprint density at radius 1 is 0.970 bits per heavy atom. The molecule has 1 saturated heterocycles. The lowest BCUT2D eigenvalue weighted by molar-refractivity contribution is -0.122. The Morgan fingerprint density at radius 3 is 2.24 bits per heavy atom. The number of aryl methyl sites for hydroxylation is 1. The van der Waals surface area contributed by atoms with E-state index >= 15 is 0 Å². The van der Waals surface area contributed by atoms with Crippen LogP contribution >= 0.6 is 11.8 Å². The quantitative estimate of drug-likeness (QED) is 0.349. The molecule has 0 aliphatic carbocycles. The van der Waals surface area contributed by atoms with Gasteiger partial charge in [-0.15, -0.1) is 11.8 Å². The molecule has 3 N–H and O–H groups in total. The highest BCUT2D eigenvalue weighted by Gasteiger charge is 2.41. The van der Waals surface area contributed by atoms with Crippen LogP contribution in [0.25, 0.3) is 0 Å². The van der Waals surface area contributed by atoms with Crippen molar-refractivity contribution in [1.82, 2.24) is 10.6 Å². The number of rotatable bonds is 7. The van der Waals surface area contributed by atoms with Crippen molar-refractivity contribution in [3.63, 3.8) is 0 Å². The van der Waals surface area contributed by atoms with Crippen LogP contribution in [0.3, 0.4) is 0 Å². The molecule has 1 atom stereocenters. The number of carbonyl (C=O) groups excluding carboxylic acids is 3. The first-order chi connectivity index (χ1) is 15.8. The molecule has 3 aromatic rings. The molecule has 1 heterocycles. The molecule has 0 radical (unpaired) electrons. The van der Waals surface area contributed by atoms with Crippen molar-refractivity contribution in [1.29, 1.82) is 0 Å². The van der Waals surface area contributed by atoms with Gasteiger partial charge in [0.15, 0.2) is 0 Å². The van der Waals surface area contributed by atoms with Gasteiger partial charge in [-0.25, -0.2) is 4.79 Å². The maximum atomic E-state index is 12.9. The van der Waals surface area contributed by atoms with E-state index in [1.807, 2.05) is 43.3 Å². The number of carbonyl (C=O) groups is 3. The van der Waals surface area contributed by atoms with Crippen molar-refractivity contribution >= 4 is 35.3 Å². The maximum absolute atomic E-state index is 12.9. The van der Waals surface area contributed by atoms with Gasteiger partial charge < -0.3 is 15.4 Å². The number of imide groups is 1. The number of benzene rings is 3. The van der Waals surface area contributed by atoms with Crippen molar-refractivity contribution in [2.75, 3.05) is 11.1 Å². The molecular formula is C25H23N3O4S. The van der Waals surface area contributed by atoms with Crippen molar-refractivity contribution in [2.24, 2.45) is 0 Å². The second-order valence-electron chi connectivity index (χ2n) is 7.92. The Bertz CT molecular complexity index is 1200. The van der Waals surface area contributed by atoms with Crippen LogP contribution in [0.2, 0.25) is 0 Å². The van der Waals surface area contributed by atoms with Crippen LogP contribution in [-0.4, -0.2) is 29.1 Å². The van der Waals surface area contributed by atoms with Gasteiger partial charge in [0.05, 0.1) is 5.56 Å². The molecule has 1 aliphatic heterocycles. The lowest BCUT2D eigenvalue weighted by Gasteiger charge is -2.20. The molecule has 0 aromatic heterocycles. The van der Waals surface area contributed by atoms with Gasteiger partial charge in [0.2, 0.25) is 0 Å². The molecule has 8 heteroatoms. The number of urea groups is 1. The minimum atomic E-state index is -1.03. The minimum absolute atomic E-state index is 0.268. The van der Waals surface area contributed by atoms with E-state index < -0.39 is 11.6 Å². The monoisotopic (exact) mass is 461 g/mol. The number of anilines is 1. The van der Waals surface area contributed by atoms with Gasteiger partial charge in [0.1, 0.15) is 17.0 Å². The van der Waals surface area contributed by atoms with Crippen molar-refractivity contribution in [2.45, 2.75) is 24.3 Å². The largest absolute Gasteiger partial charge is 0.457 e. The van der Waals surface area contributed by atoms with Gasteiger partial charge in [-0.3, -0.25) is 14.9 Å². The fourth-order valence-corrected chi connectivity index (χ4v) is 4.37. The number of hydrogen-bond donors (Lipinski definition) is 3. The zero-order chi connectivity index (χ0) is 23.4. The van der Waals surface area contributed by atoms with Crippen molar-refractivity contribution in [3.8, 4) is 11.5 Å². The number of thioether (sulfide) groups is 1. The highest BCUT2D eigenvalue weighted by atomic mass is 32.2. The van der Waals surface area contributed by atoms with Crippen LogP contribution in [-0.2, 0) is 4.79 Å². The van der Waals surface area contributed by atoms with Gasteiger partial charge in [-0.2, -0.15) is 0 Å². The Balaban J connectivity index is 1.41. The van der Waals surface area contributed by atoms with Crippen LogP contribution < -0.4 is 20.7 Å². The zero-order valence-electron chi connectivity index (χ0n) is 18.2. The second-order valence-corrected chi connectivity index (χ2v) is 8.94. The number of nitrogens with one attached hydrogen (secondary N) is 3. The normalized spacial score (nSPS) is 17.3. The molecule has 33 heavy (non-hydrogen) atoms. The Morgan fingerprint density at radius 2 is 1.61 bits per heavy atom. The number of hydrogen-bond acceptors (Lipinski definition) is 5. The fourth-order valence-electron chi connectivity index (χ4n) is 3.23. The summed E-state index contributed by atoms with van der Waals surface area (Å²) in [6.45, 7) is 3.67. The highest BCUT2D eigenvalue weighted by molar-refractivity contribution is 7.99. The molecular weight excluding hydrogens is 438 g/mol. The van der Waals surface area contributed by atoms with E-state index in [2.05, 4.69) is 16.0 Å². The molecule has 1 fully saturated rings. The van der Waals surface area contributed by atoms with Crippen LogP contribution in [0, 0.1) is 6.92 Å². The maximum Gasteiger partial charge on any atom is 0.322 e. The van der Waals surface area contributed by atoms with E-state index in [4.69, 9.17) is 4.74 Å². The molecule has 0 bridgehead atoms. The van der Waals surface area contributed by atoms with E-state index in [-0.39, 0.29) is 11.8 Å². The summed E-state index contributed by atoms with van der Waals surface area (Å²) < 4.78 is 5.82. The van der Waals surface area contributed by atoms with E-state index in [0.29, 0.717) is 27.6 Å². The van der Waals surface area contributed by atoms with Gasteiger partial charge >= 0.3 is 6.03 Å². The predicted molar refractivity (Wildman–Crippen MR) is 128 cm³/mol. The summed E-state index contributed by atoms with van der Waals surface area (Å²) in [5, 5.41) is 7.77. The van der Waals surface area contributed by atoms with Gasteiger partial charge in [-0.05, 0) is 62.4 Å². The second kappa shape index (κ2) is 9.38. The van der Waals surface area contributed by atoms with Crippen LogP contribution in [0.4, 0.5) is 10.5 Å². The van der Waals surface area contributed by atoms with E-state index in [1.165, 1.54) is 11.8 Å². The van der Waals surface area contributed by atoms with Crippen LogP contribution in [0.15, 0.2) is 77.7 Å². The van der Waals surface area contributed by atoms with E-state index in [0.717, 1.165) is 11.3 Å². The lowest BCUT2D eigenvalue weighted by Crippen LogP contribution is -2.46. The summed E-state index contributed by atoms with van der Waals surface area (Å²) in [5.41, 5.74) is 1.24. The number of ether oxygens (including phenoxy) is 1. The molecule has 3 aromatic carbocycles. The third kappa shape index (κ3) is 5.35. The summed E-state index contributed by atoms with van der Waals surface area (Å²) in [4.78, 5) is 37.2.